The molecule has 2 heterocycles. The number of carboxylic acids is 1. The van der Waals surface area contributed by atoms with Crippen LogP contribution in [-0.2, 0) is 9.53 Å². The maximum atomic E-state index is 10.9. The molecule has 2 rings (SSSR count). The second kappa shape index (κ2) is 2.71. The molecular formula is C8H13NO3. The molecule has 0 saturated carbocycles. The average Bonchev–Trinajstić information content (AvgIpc) is 2.01. The van der Waals surface area contributed by atoms with Gasteiger partial charge in [0.25, 0.3) is 0 Å². The molecule has 4 nitrogen and oxygen atoms in total. The summed E-state index contributed by atoms with van der Waals surface area (Å²) in [5, 5.41) is 12.2. The lowest BCUT2D eigenvalue weighted by Gasteiger charge is -2.48. The number of rotatable bonds is 1. The summed E-state index contributed by atoms with van der Waals surface area (Å²) in [5.74, 6) is -0.939. The molecule has 2 saturated heterocycles. The first-order valence-corrected chi connectivity index (χ1v) is 4.30. The van der Waals surface area contributed by atoms with E-state index in [1.165, 1.54) is 0 Å². The number of carboxylic acid groups (broad SMARTS) is 1. The third kappa shape index (κ3) is 1.03. The number of hydrogen-bond donors (Lipinski definition) is 2. The molecule has 0 bridgehead atoms. The Labute approximate surface area is 70.9 Å². The highest BCUT2D eigenvalue weighted by molar-refractivity contribution is 5.72. The SMILES string of the molecule is O=C(O)C1CCCNC12COC2. The number of ether oxygens (including phenoxy) is 1. The smallest absolute Gasteiger partial charge is 0.308 e. The summed E-state index contributed by atoms with van der Waals surface area (Å²) in [6.07, 6.45) is 1.74. The van der Waals surface area contributed by atoms with Gasteiger partial charge in [-0.3, -0.25) is 4.79 Å². The Morgan fingerprint density at radius 3 is 2.75 bits per heavy atom. The summed E-state index contributed by atoms with van der Waals surface area (Å²) in [6, 6.07) is 0. The topological polar surface area (TPSA) is 58.6 Å². The third-order valence-electron chi connectivity index (χ3n) is 2.83. The molecule has 0 aliphatic carbocycles. The molecule has 2 aliphatic heterocycles. The Morgan fingerprint density at radius 2 is 2.33 bits per heavy atom. The van der Waals surface area contributed by atoms with Crippen molar-refractivity contribution in [3.05, 3.63) is 0 Å². The van der Waals surface area contributed by atoms with Crippen LogP contribution in [0, 0.1) is 5.92 Å². The van der Waals surface area contributed by atoms with E-state index in [2.05, 4.69) is 5.32 Å². The van der Waals surface area contributed by atoms with Crippen molar-refractivity contribution in [2.45, 2.75) is 18.4 Å². The monoisotopic (exact) mass is 171 g/mol. The Bertz CT molecular complexity index is 200. The number of piperidine rings is 1. The Balaban J connectivity index is 2.11. The first-order valence-electron chi connectivity index (χ1n) is 4.30. The van der Waals surface area contributed by atoms with E-state index < -0.39 is 5.97 Å². The molecule has 0 aromatic heterocycles. The summed E-state index contributed by atoms with van der Waals surface area (Å²) in [7, 11) is 0. The van der Waals surface area contributed by atoms with E-state index in [-0.39, 0.29) is 11.5 Å². The fourth-order valence-electron chi connectivity index (χ4n) is 2.03. The van der Waals surface area contributed by atoms with Gasteiger partial charge in [0.05, 0.1) is 24.7 Å². The maximum Gasteiger partial charge on any atom is 0.308 e. The summed E-state index contributed by atoms with van der Waals surface area (Å²) in [5.41, 5.74) is -0.232. The summed E-state index contributed by atoms with van der Waals surface area (Å²) >= 11 is 0. The molecule has 12 heavy (non-hydrogen) atoms. The molecule has 0 aromatic rings. The van der Waals surface area contributed by atoms with Crippen LogP contribution in [0.3, 0.4) is 0 Å². The van der Waals surface area contributed by atoms with Gasteiger partial charge >= 0.3 is 5.97 Å². The van der Waals surface area contributed by atoms with Gasteiger partial charge in [0.1, 0.15) is 0 Å². The summed E-state index contributed by atoms with van der Waals surface area (Å²) < 4.78 is 5.07. The van der Waals surface area contributed by atoms with E-state index in [1.807, 2.05) is 0 Å². The molecule has 0 amide bonds. The molecule has 68 valence electrons. The van der Waals surface area contributed by atoms with E-state index in [1.54, 1.807) is 0 Å². The largest absolute Gasteiger partial charge is 0.481 e. The minimum Gasteiger partial charge on any atom is -0.481 e. The molecule has 1 atom stereocenters. The maximum absolute atomic E-state index is 10.9. The van der Waals surface area contributed by atoms with E-state index in [0.717, 1.165) is 19.4 Å². The van der Waals surface area contributed by atoms with Gasteiger partial charge in [0.15, 0.2) is 0 Å². The van der Waals surface area contributed by atoms with Gasteiger partial charge in [-0.15, -0.1) is 0 Å². The van der Waals surface area contributed by atoms with E-state index >= 15 is 0 Å². The Kier molecular flexibility index (Phi) is 1.81. The van der Waals surface area contributed by atoms with Crippen molar-refractivity contribution in [2.75, 3.05) is 19.8 Å². The van der Waals surface area contributed by atoms with Crippen molar-refractivity contribution in [1.29, 1.82) is 0 Å². The van der Waals surface area contributed by atoms with Gasteiger partial charge in [-0.25, -0.2) is 0 Å². The molecule has 0 radical (unpaired) electrons. The minimum atomic E-state index is -0.689. The summed E-state index contributed by atoms with van der Waals surface area (Å²) in [6.45, 7) is 2.04. The van der Waals surface area contributed by atoms with Gasteiger partial charge < -0.3 is 15.2 Å². The third-order valence-corrected chi connectivity index (χ3v) is 2.83. The molecular weight excluding hydrogens is 158 g/mol. The highest BCUT2D eigenvalue weighted by Crippen LogP contribution is 2.32. The molecule has 2 aliphatic rings. The van der Waals surface area contributed by atoms with Gasteiger partial charge in [0, 0.05) is 0 Å². The number of nitrogens with one attached hydrogen (secondary N) is 1. The van der Waals surface area contributed by atoms with Crippen LogP contribution in [0.15, 0.2) is 0 Å². The van der Waals surface area contributed by atoms with Crippen molar-refractivity contribution in [2.24, 2.45) is 5.92 Å². The second-order valence-corrected chi connectivity index (χ2v) is 3.61. The quantitative estimate of drug-likeness (QED) is 0.575. The van der Waals surface area contributed by atoms with Gasteiger partial charge in [-0.2, -0.15) is 0 Å². The second-order valence-electron chi connectivity index (χ2n) is 3.61. The molecule has 1 unspecified atom stereocenters. The fourth-order valence-corrected chi connectivity index (χ4v) is 2.03. The predicted molar refractivity (Wildman–Crippen MR) is 41.9 cm³/mol. The fraction of sp³-hybridized carbons (Fsp3) is 0.875. The Morgan fingerprint density at radius 1 is 1.58 bits per heavy atom. The lowest BCUT2D eigenvalue weighted by Crippen LogP contribution is -2.68. The van der Waals surface area contributed by atoms with Crippen molar-refractivity contribution < 1.29 is 14.6 Å². The van der Waals surface area contributed by atoms with E-state index in [9.17, 15) is 4.79 Å². The van der Waals surface area contributed by atoms with Crippen molar-refractivity contribution >= 4 is 5.97 Å². The molecule has 4 heteroatoms. The van der Waals surface area contributed by atoms with Gasteiger partial charge in [-0.05, 0) is 19.4 Å². The van der Waals surface area contributed by atoms with Crippen LogP contribution in [-0.4, -0.2) is 36.4 Å². The molecule has 1 spiro atoms. The standard InChI is InChI=1S/C8H13NO3/c10-7(11)6-2-1-3-9-8(6)4-12-5-8/h6,9H,1-5H2,(H,10,11). The van der Waals surface area contributed by atoms with Crippen LogP contribution in [0.2, 0.25) is 0 Å². The highest BCUT2D eigenvalue weighted by Gasteiger charge is 2.50. The number of aliphatic carboxylic acids is 1. The first-order chi connectivity index (χ1) is 5.75. The highest BCUT2D eigenvalue weighted by atomic mass is 16.5. The predicted octanol–water partition coefficient (Wildman–Crippen LogP) is -0.160. The number of hydrogen-bond acceptors (Lipinski definition) is 3. The van der Waals surface area contributed by atoms with Gasteiger partial charge in [-0.1, -0.05) is 0 Å². The van der Waals surface area contributed by atoms with Gasteiger partial charge in [0.2, 0.25) is 0 Å². The van der Waals surface area contributed by atoms with Crippen LogP contribution in [0.1, 0.15) is 12.8 Å². The molecule has 2 fully saturated rings. The minimum absolute atomic E-state index is 0.232. The van der Waals surface area contributed by atoms with Crippen LogP contribution in [0.4, 0.5) is 0 Å². The van der Waals surface area contributed by atoms with Crippen molar-refractivity contribution in [3.8, 4) is 0 Å². The first kappa shape index (κ1) is 8.01. The zero-order chi connectivity index (χ0) is 8.60. The van der Waals surface area contributed by atoms with Crippen molar-refractivity contribution in [3.63, 3.8) is 0 Å². The normalized spacial score (nSPS) is 32.8. The zero-order valence-electron chi connectivity index (χ0n) is 6.88. The Hall–Kier alpha value is -0.610. The summed E-state index contributed by atoms with van der Waals surface area (Å²) in [4.78, 5) is 10.9. The number of carbonyl (C=O) groups is 1. The zero-order valence-corrected chi connectivity index (χ0v) is 6.88. The van der Waals surface area contributed by atoms with E-state index in [0.29, 0.717) is 13.2 Å². The van der Waals surface area contributed by atoms with Crippen LogP contribution in [0.5, 0.6) is 0 Å². The lowest BCUT2D eigenvalue weighted by molar-refractivity contribution is -0.163. The average molecular weight is 171 g/mol. The lowest BCUT2D eigenvalue weighted by atomic mass is 9.76. The van der Waals surface area contributed by atoms with Crippen LogP contribution < -0.4 is 5.32 Å². The molecule has 0 aromatic carbocycles. The molecule has 2 N–H and O–H groups in total. The van der Waals surface area contributed by atoms with Crippen LogP contribution in [0.25, 0.3) is 0 Å². The van der Waals surface area contributed by atoms with Crippen molar-refractivity contribution in [1.82, 2.24) is 5.32 Å². The van der Waals surface area contributed by atoms with E-state index in [4.69, 9.17) is 9.84 Å². The van der Waals surface area contributed by atoms with Crippen LogP contribution >= 0.6 is 0 Å².